The van der Waals surface area contributed by atoms with Crippen LogP contribution in [0.2, 0.25) is 0 Å². The molecule has 0 spiro atoms. The zero-order valence-corrected chi connectivity index (χ0v) is 13.1. The van der Waals surface area contributed by atoms with E-state index in [-0.39, 0.29) is 10.6 Å². The molecule has 5 nitrogen and oxygen atoms in total. The van der Waals surface area contributed by atoms with Gasteiger partial charge in [0, 0.05) is 22.7 Å². The van der Waals surface area contributed by atoms with Gasteiger partial charge in [-0.05, 0) is 40.6 Å². The molecule has 0 N–H and O–H groups in total. The third-order valence-corrected chi connectivity index (χ3v) is 3.22. The third-order valence-electron chi connectivity index (χ3n) is 2.55. The highest BCUT2D eigenvalue weighted by molar-refractivity contribution is 14.1. The Kier molecular flexibility index (Phi) is 6.02. The van der Waals surface area contributed by atoms with Crippen molar-refractivity contribution in [3.63, 3.8) is 0 Å². The Morgan fingerprint density at radius 2 is 2.21 bits per heavy atom. The highest BCUT2D eigenvalue weighted by Crippen LogP contribution is 2.30. The minimum absolute atomic E-state index is 0.102. The number of nitro benzene ring substituents is 1. The van der Waals surface area contributed by atoms with Gasteiger partial charge in [0.25, 0.3) is 5.69 Å². The van der Waals surface area contributed by atoms with E-state index >= 15 is 0 Å². The molecule has 1 aromatic carbocycles. The maximum Gasteiger partial charge on any atom is 0.293 e. The average molecular weight is 373 g/mol. The van der Waals surface area contributed by atoms with Crippen LogP contribution in [0.3, 0.4) is 0 Å². The van der Waals surface area contributed by atoms with Crippen molar-refractivity contribution in [3.8, 4) is 6.07 Å². The van der Waals surface area contributed by atoms with E-state index in [0.29, 0.717) is 31.1 Å². The van der Waals surface area contributed by atoms with E-state index in [1.807, 2.05) is 11.0 Å². The summed E-state index contributed by atoms with van der Waals surface area (Å²) in [5, 5.41) is 19.9. The average Bonchev–Trinajstić information content (AvgIpc) is 2.34. The van der Waals surface area contributed by atoms with Crippen molar-refractivity contribution in [1.82, 2.24) is 0 Å². The van der Waals surface area contributed by atoms with Crippen LogP contribution < -0.4 is 4.90 Å². The van der Waals surface area contributed by atoms with Crippen molar-refractivity contribution in [3.05, 3.63) is 31.9 Å². The fourth-order valence-corrected chi connectivity index (χ4v) is 2.32. The zero-order valence-electron chi connectivity index (χ0n) is 11.0. The van der Waals surface area contributed by atoms with Crippen LogP contribution in [0.1, 0.15) is 20.3 Å². The van der Waals surface area contributed by atoms with Crippen LogP contribution in [0.5, 0.6) is 0 Å². The summed E-state index contributed by atoms with van der Waals surface area (Å²) in [7, 11) is 0. The van der Waals surface area contributed by atoms with Gasteiger partial charge in [0.15, 0.2) is 0 Å². The van der Waals surface area contributed by atoms with Gasteiger partial charge in [-0.25, -0.2) is 0 Å². The summed E-state index contributed by atoms with van der Waals surface area (Å²) >= 11 is 2.06. The van der Waals surface area contributed by atoms with E-state index in [4.69, 9.17) is 5.26 Å². The molecular formula is C13H16IN3O2. The van der Waals surface area contributed by atoms with Crippen LogP contribution in [-0.4, -0.2) is 18.0 Å². The summed E-state index contributed by atoms with van der Waals surface area (Å²) in [4.78, 5) is 12.7. The summed E-state index contributed by atoms with van der Waals surface area (Å²) in [6.07, 6.45) is 0.357. The number of anilines is 1. The lowest BCUT2D eigenvalue weighted by atomic mass is 10.1. The predicted molar refractivity (Wildman–Crippen MR) is 83.1 cm³/mol. The number of nitriles is 1. The van der Waals surface area contributed by atoms with Crippen molar-refractivity contribution < 1.29 is 4.92 Å². The normalized spacial score (nSPS) is 10.3. The van der Waals surface area contributed by atoms with E-state index < -0.39 is 0 Å². The van der Waals surface area contributed by atoms with Gasteiger partial charge in [-0.1, -0.05) is 13.8 Å². The Morgan fingerprint density at radius 1 is 1.53 bits per heavy atom. The Bertz CT molecular complexity index is 497. The van der Waals surface area contributed by atoms with Gasteiger partial charge < -0.3 is 4.90 Å². The Balaban J connectivity index is 3.13. The molecule has 1 aromatic rings. The quantitative estimate of drug-likeness (QED) is 0.434. The maximum atomic E-state index is 11.1. The maximum absolute atomic E-state index is 11.1. The molecule has 0 radical (unpaired) electrons. The summed E-state index contributed by atoms with van der Waals surface area (Å²) in [6, 6.07) is 7.27. The number of nitro groups is 1. The molecule has 0 saturated heterocycles. The molecule has 0 fully saturated rings. The second-order valence-electron chi connectivity index (χ2n) is 4.64. The molecule has 0 bridgehead atoms. The predicted octanol–water partition coefficient (Wildman–Crippen LogP) is 3.58. The van der Waals surface area contributed by atoms with Crippen LogP contribution in [0.15, 0.2) is 18.2 Å². The van der Waals surface area contributed by atoms with Crippen molar-refractivity contribution in [1.29, 1.82) is 5.26 Å². The molecule has 0 aromatic heterocycles. The van der Waals surface area contributed by atoms with Gasteiger partial charge in [-0.15, -0.1) is 0 Å². The molecule has 0 aliphatic rings. The third kappa shape index (κ3) is 4.67. The molecule has 1 rings (SSSR count). The highest BCUT2D eigenvalue weighted by Gasteiger charge is 2.20. The SMILES string of the molecule is CC(C)CN(CCC#N)c1ccc(I)cc1[N+](=O)[O-]. The molecule has 0 unspecified atom stereocenters. The molecule has 19 heavy (non-hydrogen) atoms. The second kappa shape index (κ2) is 7.28. The van der Waals surface area contributed by atoms with Gasteiger partial charge >= 0.3 is 0 Å². The second-order valence-corrected chi connectivity index (χ2v) is 5.88. The van der Waals surface area contributed by atoms with Crippen LogP contribution >= 0.6 is 22.6 Å². The molecule has 0 aliphatic heterocycles. The number of benzene rings is 1. The lowest BCUT2D eigenvalue weighted by Crippen LogP contribution is -2.29. The first kappa shape index (κ1) is 15.7. The fraction of sp³-hybridized carbons (Fsp3) is 0.462. The van der Waals surface area contributed by atoms with Crippen molar-refractivity contribution in [2.24, 2.45) is 5.92 Å². The monoisotopic (exact) mass is 373 g/mol. The molecule has 0 saturated carbocycles. The fourth-order valence-electron chi connectivity index (χ4n) is 1.85. The molecule has 102 valence electrons. The number of rotatable bonds is 6. The largest absolute Gasteiger partial charge is 0.365 e. The number of hydrogen-bond acceptors (Lipinski definition) is 4. The minimum atomic E-state index is -0.364. The van der Waals surface area contributed by atoms with Crippen LogP contribution in [-0.2, 0) is 0 Å². The Morgan fingerprint density at radius 3 is 2.74 bits per heavy atom. The van der Waals surface area contributed by atoms with Gasteiger partial charge in [0.1, 0.15) is 5.69 Å². The number of hydrogen-bond donors (Lipinski definition) is 0. The Labute approximate surface area is 126 Å². The van der Waals surface area contributed by atoms with Crippen LogP contribution in [0, 0.1) is 30.9 Å². The lowest BCUT2D eigenvalue weighted by Gasteiger charge is -2.25. The first-order valence-electron chi connectivity index (χ1n) is 6.01. The summed E-state index contributed by atoms with van der Waals surface area (Å²) in [6.45, 7) is 5.31. The van der Waals surface area contributed by atoms with E-state index in [1.165, 1.54) is 0 Å². The molecular weight excluding hydrogens is 357 g/mol. The van der Waals surface area contributed by atoms with Crippen molar-refractivity contribution >= 4 is 34.0 Å². The first-order chi connectivity index (χ1) is 8.95. The molecule has 0 amide bonds. The zero-order chi connectivity index (χ0) is 14.4. The standard InChI is InChI=1S/C13H16IN3O2/c1-10(2)9-16(7-3-6-15)12-5-4-11(14)8-13(12)17(18)19/h4-5,8,10H,3,7,9H2,1-2H3. The van der Waals surface area contributed by atoms with Gasteiger partial charge in [-0.2, -0.15) is 5.26 Å². The topological polar surface area (TPSA) is 70.2 Å². The van der Waals surface area contributed by atoms with Gasteiger partial charge in [0.05, 0.1) is 17.4 Å². The summed E-state index contributed by atoms with van der Waals surface area (Å²) < 4.78 is 0.831. The van der Waals surface area contributed by atoms with Crippen molar-refractivity contribution in [2.45, 2.75) is 20.3 Å². The molecule has 0 heterocycles. The smallest absolute Gasteiger partial charge is 0.293 e. The first-order valence-corrected chi connectivity index (χ1v) is 7.09. The lowest BCUT2D eigenvalue weighted by molar-refractivity contribution is -0.384. The minimum Gasteiger partial charge on any atom is -0.365 e. The van der Waals surface area contributed by atoms with Crippen LogP contribution in [0.4, 0.5) is 11.4 Å². The molecule has 0 atom stereocenters. The van der Waals surface area contributed by atoms with Crippen LogP contribution in [0.25, 0.3) is 0 Å². The van der Waals surface area contributed by atoms with Gasteiger partial charge in [0.2, 0.25) is 0 Å². The summed E-state index contributed by atoms with van der Waals surface area (Å²) in [5.41, 5.74) is 0.694. The number of nitrogens with zero attached hydrogens (tertiary/aromatic N) is 3. The van der Waals surface area contributed by atoms with Crippen molar-refractivity contribution in [2.75, 3.05) is 18.0 Å². The van der Waals surface area contributed by atoms with E-state index in [9.17, 15) is 10.1 Å². The van der Waals surface area contributed by atoms with E-state index in [0.717, 1.165) is 3.57 Å². The Hall–Kier alpha value is -1.36. The number of halogens is 1. The van der Waals surface area contributed by atoms with E-state index in [1.54, 1.807) is 12.1 Å². The molecule has 6 heteroatoms. The molecule has 0 aliphatic carbocycles. The van der Waals surface area contributed by atoms with E-state index in [2.05, 4.69) is 42.5 Å². The summed E-state index contributed by atoms with van der Waals surface area (Å²) in [5.74, 6) is 0.373. The highest BCUT2D eigenvalue weighted by atomic mass is 127. The van der Waals surface area contributed by atoms with Gasteiger partial charge in [-0.3, -0.25) is 10.1 Å².